The summed E-state index contributed by atoms with van der Waals surface area (Å²) in [5, 5.41) is 33.4. The van der Waals surface area contributed by atoms with Gasteiger partial charge in [-0.2, -0.15) is 0 Å². The lowest BCUT2D eigenvalue weighted by atomic mass is 9.88. The van der Waals surface area contributed by atoms with Crippen molar-refractivity contribution in [1.29, 1.82) is 0 Å². The van der Waals surface area contributed by atoms with E-state index in [1.807, 2.05) is 21.6 Å². The van der Waals surface area contributed by atoms with Gasteiger partial charge in [0.25, 0.3) is 36.1 Å². The van der Waals surface area contributed by atoms with E-state index >= 15 is 0 Å². The minimum Gasteiger partial charge on any atom is -0.469 e. The van der Waals surface area contributed by atoms with Crippen molar-refractivity contribution in [2.45, 2.75) is 31.7 Å². The number of amidine groups is 6. The second-order valence-corrected chi connectivity index (χ2v) is 14.8. The fourth-order valence-corrected chi connectivity index (χ4v) is 5.80. The first-order valence-electron chi connectivity index (χ1n) is 21.6. The SMILES string of the molecule is CCC(COCC(O)CN(CCN=C(N)OC)CCN=C(N)OC)(COCC(O)CN(CCN=C(N)OC)CCN=C(N)OC)COCC(O)CN(CCN=C(N)OC)CCN=C(N)OC. The number of hydrogen-bond acceptors (Lipinski definition) is 21. The molecule has 0 saturated carbocycles. The fraction of sp³-hybridized carbons (Fsp3) is 0.846. The molecule has 0 amide bonds. The molecule has 27 heteroatoms. The molecule has 27 nitrogen and oxygen atoms in total. The molecule has 3 unspecified atom stereocenters. The van der Waals surface area contributed by atoms with Crippen LogP contribution in [0.15, 0.2) is 30.0 Å². The molecule has 0 aliphatic heterocycles. The smallest absolute Gasteiger partial charge is 0.281 e. The number of hydrogen-bond donors (Lipinski definition) is 9. The molecule has 66 heavy (non-hydrogen) atoms. The summed E-state index contributed by atoms with van der Waals surface area (Å²) in [6.45, 7) is 7.43. The highest BCUT2D eigenvalue weighted by Crippen LogP contribution is 2.25. The van der Waals surface area contributed by atoms with Crippen LogP contribution in [0.2, 0.25) is 0 Å². The summed E-state index contributed by atoms with van der Waals surface area (Å²) in [5.41, 5.74) is 33.4. The van der Waals surface area contributed by atoms with Crippen LogP contribution in [0.1, 0.15) is 13.3 Å². The third-order valence-electron chi connectivity index (χ3n) is 9.67. The van der Waals surface area contributed by atoms with E-state index in [4.69, 9.17) is 77.0 Å². The largest absolute Gasteiger partial charge is 0.469 e. The van der Waals surface area contributed by atoms with Crippen molar-refractivity contribution in [3.8, 4) is 0 Å². The van der Waals surface area contributed by atoms with Gasteiger partial charge in [0, 0.05) is 64.3 Å². The topological polar surface area (TPSA) is 384 Å². The monoisotopic (exact) mass is 954 g/mol. The average molecular weight is 954 g/mol. The molecule has 0 aromatic rings. The van der Waals surface area contributed by atoms with Gasteiger partial charge < -0.3 is 92.4 Å². The maximum absolute atomic E-state index is 11.1. The van der Waals surface area contributed by atoms with Gasteiger partial charge in [-0.15, -0.1) is 0 Å². The van der Waals surface area contributed by atoms with Gasteiger partial charge in [-0.1, -0.05) is 6.92 Å². The second-order valence-electron chi connectivity index (χ2n) is 14.8. The Hall–Kier alpha value is -4.74. The predicted octanol–water partition coefficient (Wildman–Crippen LogP) is -4.81. The van der Waals surface area contributed by atoms with Crippen LogP contribution in [-0.4, -0.2) is 265 Å². The first-order valence-corrected chi connectivity index (χ1v) is 21.6. The number of aliphatic hydroxyl groups excluding tert-OH is 3. The Morgan fingerprint density at radius 3 is 0.773 bits per heavy atom. The number of nitrogens with zero attached hydrogens (tertiary/aromatic N) is 9. The van der Waals surface area contributed by atoms with Crippen LogP contribution in [0, 0.1) is 5.41 Å². The van der Waals surface area contributed by atoms with Crippen LogP contribution in [0.25, 0.3) is 0 Å². The highest BCUT2D eigenvalue weighted by atomic mass is 16.5. The van der Waals surface area contributed by atoms with E-state index in [0.29, 0.717) is 85.0 Å². The molecule has 386 valence electrons. The predicted molar refractivity (Wildman–Crippen MR) is 254 cm³/mol. The van der Waals surface area contributed by atoms with E-state index in [9.17, 15) is 15.3 Å². The third-order valence-corrected chi connectivity index (χ3v) is 9.67. The summed E-state index contributed by atoms with van der Waals surface area (Å²) >= 11 is 0. The highest BCUT2D eigenvalue weighted by Gasteiger charge is 2.31. The van der Waals surface area contributed by atoms with Gasteiger partial charge in [0.15, 0.2) is 0 Å². The van der Waals surface area contributed by atoms with Crippen LogP contribution in [0.5, 0.6) is 0 Å². The molecule has 0 aromatic heterocycles. The minimum absolute atomic E-state index is 0.0291. The van der Waals surface area contributed by atoms with E-state index in [1.54, 1.807) is 0 Å². The van der Waals surface area contributed by atoms with Crippen molar-refractivity contribution >= 4 is 36.1 Å². The normalized spacial score (nSPS) is 15.8. The molecule has 0 fully saturated rings. The summed E-state index contributed by atoms with van der Waals surface area (Å²) in [4.78, 5) is 30.8. The Labute approximate surface area is 390 Å². The molecule has 0 saturated heterocycles. The molecule has 0 aliphatic carbocycles. The number of rotatable bonds is 37. The van der Waals surface area contributed by atoms with Crippen molar-refractivity contribution < 1.29 is 58.0 Å². The van der Waals surface area contributed by atoms with Crippen LogP contribution >= 0.6 is 0 Å². The van der Waals surface area contributed by atoms with Crippen LogP contribution in [0.3, 0.4) is 0 Å². The maximum Gasteiger partial charge on any atom is 0.281 e. The summed E-state index contributed by atoms with van der Waals surface area (Å²) in [7, 11) is 8.57. The highest BCUT2D eigenvalue weighted by molar-refractivity contribution is 5.72. The molecule has 0 spiro atoms. The standard InChI is InChI=1S/C39H83N15O12/c1-8-39(27-64-24-30(55)21-52(15-9-46-33(40)58-2)16-10-47-34(41)59-3,28-65-25-31(56)22-53(17-11-48-35(42)60-4)18-12-49-36(43)61-5)29-66-26-32(57)23-54(19-13-50-37(44)62-6)20-14-51-38(45)63-7/h30-32,55-57H,8-29H2,1-7H3,(H2,40,46)(H2,41,47)(H2,42,48)(H2,43,49)(H2,44,50)(H2,45,51). The van der Waals surface area contributed by atoms with E-state index in [-0.39, 0.29) is 95.4 Å². The zero-order valence-electron chi connectivity index (χ0n) is 40.3. The lowest BCUT2D eigenvalue weighted by Gasteiger charge is -2.34. The van der Waals surface area contributed by atoms with Gasteiger partial charge in [0.1, 0.15) is 0 Å². The molecule has 15 N–H and O–H groups in total. The Morgan fingerprint density at radius 2 is 0.606 bits per heavy atom. The Kier molecular flexibility index (Phi) is 35.6. The van der Waals surface area contributed by atoms with E-state index in [0.717, 1.165) is 0 Å². The van der Waals surface area contributed by atoms with Crippen molar-refractivity contribution in [3.05, 3.63) is 0 Å². The molecule has 3 atom stereocenters. The first kappa shape index (κ1) is 61.3. The van der Waals surface area contributed by atoms with Crippen LogP contribution < -0.4 is 34.4 Å². The van der Waals surface area contributed by atoms with Crippen molar-refractivity contribution in [2.75, 3.05) is 180 Å². The number of nitrogens with two attached hydrogens (primary N) is 6. The second kappa shape index (κ2) is 38.4. The molecule has 0 aliphatic rings. The van der Waals surface area contributed by atoms with Crippen molar-refractivity contribution in [3.63, 3.8) is 0 Å². The Bertz CT molecular complexity index is 1200. The van der Waals surface area contributed by atoms with Crippen LogP contribution in [0.4, 0.5) is 0 Å². The molecule has 0 bridgehead atoms. The van der Waals surface area contributed by atoms with Gasteiger partial charge in [-0.25, -0.2) is 30.0 Å². The van der Waals surface area contributed by atoms with Gasteiger partial charge >= 0.3 is 0 Å². The van der Waals surface area contributed by atoms with E-state index < -0.39 is 23.7 Å². The summed E-state index contributed by atoms with van der Waals surface area (Å²) in [6.07, 6.45) is -2.20. The molecule has 0 rings (SSSR count). The van der Waals surface area contributed by atoms with E-state index in [2.05, 4.69) is 30.0 Å². The van der Waals surface area contributed by atoms with Gasteiger partial charge in [0.05, 0.1) is 140 Å². The third kappa shape index (κ3) is 32.0. The maximum atomic E-state index is 11.1. The quantitative estimate of drug-likeness (QED) is 0.0208. The zero-order chi connectivity index (χ0) is 49.6. The van der Waals surface area contributed by atoms with Crippen molar-refractivity contribution in [2.24, 2.45) is 69.8 Å². The number of ether oxygens (including phenoxy) is 9. The number of aliphatic hydroxyl groups is 3. The molecule has 0 radical (unpaired) electrons. The minimum atomic E-state index is -0.909. The summed E-state index contributed by atoms with van der Waals surface area (Å²) in [6, 6.07) is 0.270. The van der Waals surface area contributed by atoms with Gasteiger partial charge in [-0.05, 0) is 6.42 Å². The first-order chi connectivity index (χ1) is 31.6. The molecule has 0 heterocycles. The van der Waals surface area contributed by atoms with Crippen LogP contribution in [-0.2, 0) is 42.6 Å². The Balaban J connectivity index is 6.04. The molecular weight excluding hydrogens is 871 g/mol. The van der Waals surface area contributed by atoms with Crippen molar-refractivity contribution in [1.82, 2.24) is 14.7 Å². The molecule has 0 aromatic carbocycles. The summed E-state index contributed by atoms with van der Waals surface area (Å²) < 4.78 is 48.1. The zero-order valence-corrected chi connectivity index (χ0v) is 40.3. The fourth-order valence-electron chi connectivity index (χ4n) is 5.80. The van der Waals surface area contributed by atoms with E-state index in [1.165, 1.54) is 42.7 Å². The molecular formula is C39H83N15O12. The van der Waals surface area contributed by atoms with Gasteiger partial charge in [0.2, 0.25) is 0 Å². The lowest BCUT2D eigenvalue weighted by Crippen LogP contribution is -2.43. The van der Waals surface area contributed by atoms with Gasteiger partial charge in [-0.3, -0.25) is 14.7 Å². The number of methoxy groups -OCH3 is 6. The lowest BCUT2D eigenvalue weighted by molar-refractivity contribution is -0.104. The average Bonchev–Trinajstić information content (AvgIpc) is 3.30. The summed E-state index contributed by atoms with van der Waals surface area (Å²) in [5.74, 6) is 0. The Morgan fingerprint density at radius 1 is 0.409 bits per heavy atom. The number of aliphatic imine (C=N–C) groups is 6.